The Bertz CT molecular complexity index is 376. The molecule has 0 bridgehead atoms. The topological polar surface area (TPSA) is 35.6 Å². The lowest BCUT2D eigenvalue weighted by molar-refractivity contribution is -0.121. The zero-order valence-corrected chi connectivity index (χ0v) is 13.2. The van der Waals surface area contributed by atoms with Crippen LogP contribution in [-0.2, 0) is 4.79 Å². The Morgan fingerprint density at radius 3 is 2.90 bits per heavy atom. The molecule has 1 N–H and O–H groups in total. The van der Waals surface area contributed by atoms with Crippen LogP contribution in [0.4, 0.5) is 0 Å². The quantitative estimate of drug-likeness (QED) is 0.798. The van der Waals surface area contributed by atoms with Crippen molar-refractivity contribution in [2.75, 3.05) is 39.8 Å². The molecule has 0 aromatic carbocycles. The third-order valence-electron chi connectivity index (χ3n) is 4.81. The van der Waals surface area contributed by atoms with E-state index < -0.39 is 0 Å². The number of amides is 1. The lowest BCUT2D eigenvalue weighted by Gasteiger charge is -2.49. The molecule has 0 aromatic rings. The third kappa shape index (κ3) is 3.83. The van der Waals surface area contributed by atoms with Crippen molar-refractivity contribution in [2.24, 2.45) is 0 Å². The van der Waals surface area contributed by atoms with Crippen molar-refractivity contribution >= 4 is 5.91 Å². The molecule has 4 heteroatoms. The fraction of sp³-hybridized carbons (Fsp3) is 0.812. The minimum atomic E-state index is 0.197. The molecule has 2 heterocycles. The Morgan fingerprint density at radius 2 is 2.15 bits per heavy atom. The normalized spacial score (nSPS) is 29.1. The molecule has 4 nitrogen and oxygen atoms in total. The highest BCUT2D eigenvalue weighted by molar-refractivity contribution is 5.76. The molecule has 2 fully saturated rings. The van der Waals surface area contributed by atoms with Gasteiger partial charge >= 0.3 is 0 Å². The second kappa shape index (κ2) is 6.72. The first-order chi connectivity index (χ1) is 9.52. The minimum absolute atomic E-state index is 0.197. The zero-order chi connectivity index (χ0) is 14.6. The highest BCUT2D eigenvalue weighted by Gasteiger charge is 2.40. The molecule has 2 aliphatic rings. The van der Waals surface area contributed by atoms with Gasteiger partial charge in [-0.2, -0.15) is 0 Å². The third-order valence-corrected chi connectivity index (χ3v) is 4.81. The Morgan fingerprint density at radius 1 is 1.35 bits per heavy atom. The summed E-state index contributed by atoms with van der Waals surface area (Å²) in [6.07, 6.45) is 6.21. The maximum Gasteiger partial charge on any atom is 0.220 e. The second-order valence-corrected chi connectivity index (χ2v) is 6.59. The first-order valence-electron chi connectivity index (χ1n) is 7.85. The summed E-state index contributed by atoms with van der Waals surface area (Å²) < 4.78 is 0. The Balaban J connectivity index is 1.96. The first-order valence-corrected chi connectivity index (χ1v) is 7.85. The summed E-state index contributed by atoms with van der Waals surface area (Å²) in [5.74, 6) is 0.219. The van der Waals surface area contributed by atoms with Gasteiger partial charge in [-0.1, -0.05) is 11.6 Å². The molecule has 0 aliphatic carbocycles. The van der Waals surface area contributed by atoms with E-state index in [4.69, 9.17) is 0 Å². The van der Waals surface area contributed by atoms with Gasteiger partial charge in [0.2, 0.25) is 5.91 Å². The average Bonchev–Trinajstić information content (AvgIpc) is 2.57. The number of allylic oxidation sites excluding steroid dienone is 1. The van der Waals surface area contributed by atoms with Crippen molar-refractivity contribution in [3.05, 3.63) is 11.6 Å². The number of carbonyl (C=O) groups excluding carboxylic acids is 1. The molecule has 2 saturated heterocycles. The van der Waals surface area contributed by atoms with E-state index in [-0.39, 0.29) is 11.4 Å². The summed E-state index contributed by atoms with van der Waals surface area (Å²) in [6.45, 7) is 9.66. The SMILES string of the molecule is CC(C)=CCCN1CCN(C)[C@@]2(CCNC(=O)CC2)C1. The van der Waals surface area contributed by atoms with Gasteiger partial charge in [0.15, 0.2) is 0 Å². The van der Waals surface area contributed by atoms with E-state index in [0.717, 1.165) is 52.0 Å². The van der Waals surface area contributed by atoms with E-state index in [9.17, 15) is 4.79 Å². The summed E-state index contributed by atoms with van der Waals surface area (Å²) in [7, 11) is 2.23. The van der Waals surface area contributed by atoms with Crippen molar-refractivity contribution in [2.45, 2.75) is 45.1 Å². The van der Waals surface area contributed by atoms with Crippen molar-refractivity contribution in [3.8, 4) is 0 Å². The first kappa shape index (κ1) is 15.5. The van der Waals surface area contributed by atoms with Crippen LogP contribution in [0.1, 0.15) is 39.5 Å². The van der Waals surface area contributed by atoms with E-state index in [0.29, 0.717) is 6.42 Å². The number of rotatable bonds is 3. The van der Waals surface area contributed by atoms with Crippen LogP contribution in [0.5, 0.6) is 0 Å². The fourth-order valence-corrected chi connectivity index (χ4v) is 3.41. The molecule has 2 rings (SSSR count). The maximum atomic E-state index is 11.6. The smallest absolute Gasteiger partial charge is 0.220 e. The monoisotopic (exact) mass is 279 g/mol. The van der Waals surface area contributed by atoms with Crippen LogP contribution >= 0.6 is 0 Å². The standard InChI is InChI=1S/C16H29N3O/c1-14(2)5-4-10-19-12-11-18(3)16(13-19)7-6-15(20)17-9-8-16/h5H,4,6-13H2,1-3H3,(H,17,20)/t16-/m0/s1. The van der Waals surface area contributed by atoms with Crippen LogP contribution in [0.3, 0.4) is 0 Å². The number of likely N-dealkylation sites (N-methyl/N-ethyl adjacent to an activating group) is 1. The molecule has 1 spiro atoms. The van der Waals surface area contributed by atoms with Crippen molar-refractivity contribution in [1.82, 2.24) is 15.1 Å². The summed E-state index contributed by atoms with van der Waals surface area (Å²) in [5, 5.41) is 3.02. The molecule has 1 amide bonds. The van der Waals surface area contributed by atoms with Crippen LogP contribution in [0.25, 0.3) is 0 Å². The van der Waals surface area contributed by atoms with Gasteiger partial charge in [-0.3, -0.25) is 14.6 Å². The highest BCUT2D eigenvalue weighted by atomic mass is 16.1. The average molecular weight is 279 g/mol. The van der Waals surface area contributed by atoms with E-state index in [1.807, 2.05) is 0 Å². The van der Waals surface area contributed by atoms with Crippen molar-refractivity contribution in [3.63, 3.8) is 0 Å². The van der Waals surface area contributed by atoms with Gasteiger partial charge in [-0.25, -0.2) is 0 Å². The number of carbonyl (C=O) groups is 1. The van der Waals surface area contributed by atoms with E-state index in [1.165, 1.54) is 5.57 Å². The number of nitrogens with zero attached hydrogens (tertiary/aromatic N) is 2. The van der Waals surface area contributed by atoms with Crippen LogP contribution in [0.15, 0.2) is 11.6 Å². The number of nitrogens with one attached hydrogen (secondary N) is 1. The zero-order valence-electron chi connectivity index (χ0n) is 13.2. The van der Waals surface area contributed by atoms with Crippen molar-refractivity contribution in [1.29, 1.82) is 0 Å². The number of hydrogen-bond acceptors (Lipinski definition) is 3. The van der Waals surface area contributed by atoms with Gasteiger partial charge in [0, 0.05) is 44.7 Å². The largest absolute Gasteiger partial charge is 0.356 e. The van der Waals surface area contributed by atoms with E-state index >= 15 is 0 Å². The molecular weight excluding hydrogens is 250 g/mol. The van der Waals surface area contributed by atoms with E-state index in [2.05, 4.69) is 42.1 Å². The van der Waals surface area contributed by atoms with Gasteiger partial charge in [0.1, 0.15) is 0 Å². The fourth-order valence-electron chi connectivity index (χ4n) is 3.41. The molecular formula is C16H29N3O. The van der Waals surface area contributed by atoms with E-state index in [1.54, 1.807) is 0 Å². The molecule has 1 atom stereocenters. The van der Waals surface area contributed by atoms with Gasteiger partial charge in [0.25, 0.3) is 0 Å². The van der Waals surface area contributed by atoms with Crippen LogP contribution in [0.2, 0.25) is 0 Å². The van der Waals surface area contributed by atoms with Gasteiger partial charge in [0.05, 0.1) is 0 Å². The highest BCUT2D eigenvalue weighted by Crippen LogP contribution is 2.30. The predicted molar refractivity (Wildman–Crippen MR) is 82.7 cm³/mol. The van der Waals surface area contributed by atoms with Gasteiger partial charge < -0.3 is 5.32 Å². The Hall–Kier alpha value is -0.870. The molecule has 0 saturated carbocycles. The summed E-state index contributed by atoms with van der Waals surface area (Å²) in [5.41, 5.74) is 1.60. The predicted octanol–water partition coefficient (Wildman–Crippen LogP) is 1.63. The number of piperazine rings is 1. The molecule has 114 valence electrons. The Labute approximate surface area is 123 Å². The Kier molecular flexibility index (Phi) is 5.22. The molecule has 0 aromatic heterocycles. The molecule has 20 heavy (non-hydrogen) atoms. The van der Waals surface area contributed by atoms with Crippen LogP contribution < -0.4 is 5.32 Å². The van der Waals surface area contributed by atoms with Gasteiger partial charge in [-0.05, 0) is 40.2 Å². The van der Waals surface area contributed by atoms with Gasteiger partial charge in [-0.15, -0.1) is 0 Å². The summed E-state index contributed by atoms with van der Waals surface area (Å²) in [4.78, 5) is 16.7. The van der Waals surface area contributed by atoms with Crippen LogP contribution in [-0.4, -0.2) is 61.0 Å². The maximum absolute atomic E-state index is 11.6. The molecule has 0 unspecified atom stereocenters. The van der Waals surface area contributed by atoms with Crippen LogP contribution in [0, 0.1) is 0 Å². The molecule has 2 aliphatic heterocycles. The lowest BCUT2D eigenvalue weighted by Crippen LogP contribution is -2.61. The molecule has 0 radical (unpaired) electrons. The second-order valence-electron chi connectivity index (χ2n) is 6.59. The van der Waals surface area contributed by atoms with Crippen molar-refractivity contribution < 1.29 is 4.79 Å². The minimum Gasteiger partial charge on any atom is -0.356 e. The lowest BCUT2D eigenvalue weighted by atomic mass is 9.86. The summed E-state index contributed by atoms with van der Waals surface area (Å²) in [6, 6.07) is 0. The summed E-state index contributed by atoms with van der Waals surface area (Å²) >= 11 is 0. The number of hydrogen-bond donors (Lipinski definition) is 1.